The van der Waals surface area contributed by atoms with Crippen molar-refractivity contribution in [1.82, 2.24) is 9.78 Å². The molecule has 0 aliphatic carbocycles. The number of aromatic nitrogens is 2. The fourth-order valence-corrected chi connectivity index (χ4v) is 0.954. The van der Waals surface area contributed by atoms with E-state index in [1.807, 2.05) is 0 Å². The second kappa shape index (κ2) is 2.94. The van der Waals surface area contributed by atoms with Crippen LogP contribution in [0.15, 0.2) is 6.20 Å². The van der Waals surface area contributed by atoms with E-state index >= 15 is 0 Å². The summed E-state index contributed by atoms with van der Waals surface area (Å²) in [6.07, 6.45) is 1.48. The summed E-state index contributed by atoms with van der Waals surface area (Å²) in [6, 6.07) is -0.973. The predicted molar refractivity (Wildman–Crippen MR) is 42.5 cm³/mol. The van der Waals surface area contributed by atoms with Gasteiger partial charge in [-0.25, -0.2) is 0 Å². The van der Waals surface area contributed by atoms with Crippen molar-refractivity contribution in [2.75, 3.05) is 0 Å². The zero-order chi connectivity index (χ0) is 9.30. The molecular formula is C7H11N3O2. The molecule has 0 saturated carbocycles. The van der Waals surface area contributed by atoms with Gasteiger partial charge in [0.2, 0.25) is 0 Å². The van der Waals surface area contributed by atoms with Crippen molar-refractivity contribution in [3.05, 3.63) is 17.5 Å². The molecule has 0 unspecified atom stereocenters. The molecular weight excluding hydrogens is 158 g/mol. The number of nitrogens with zero attached hydrogens (tertiary/aromatic N) is 2. The highest BCUT2D eigenvalue weighted by Crippen LogP contribution is 2.13. The number of hydrogen-bond donors (Lipinski definition) is 2. The van der Waals surface area contributed by atoms with Crippen molar-refractivity contribution in [2.45, 2.75) is 13.0 Å². The van der Waals surface area contributed by atoms with Gasteiger partial charge in [-0.3, -0.25) is 9.48 Å². The number of carbonyl (C=O) groups is 1. The Bertz CT molecular complexity index is 306. The van der Waals surface area contributed by atoms with Crippen LogP contribution in [0.25, 0.3) is 0 Å². The van der Waals surface area contributed by atoms with Gasteiger partial charge in [-0.15, -0.1) is 0 Å². The zero-order valence-corrected chi connectivity index (χ0v) is 6.98. The molecule has 0 aromatic carbocycles. The van der Waals surface area contributed by atoms with Gasteiger partial charge < -0.3 is 10.8 Å². The van der Waals surface area contributed by atoms with Crippen LogP contribution in [0.5, 0.6) is 0 Å². The van der Waals surface area contributed by atoms with Crippen molar-refractivity contribution in [2.24, 2.45) is 12.8 Å². The molecule has 0 fully saturated rings. The van der Waals surface area contributed by atoms with Crippen molar-refractivity contribution in [3.8, 4) is 0 Å². The van der Waals surface area contributed by atoms with Gasteiger partial charge in [0.25, 0.3) is 0 Å². The zero-order valence-electron chi connectivity index (χ0n) is 6.98. The van der Waals surface area contributed by atoms with E-state index < -0.39 is 12.0 Å². The lowest BCUT2D eigenvalue weighted by Crippen LogP contribution is -2.21. The van der Waals surface area contributed by atoms with Crippen molar-refractivity contribution in [1.29, 1.82) is 0 Å². The Morgan fingerprint density at radius 3 is 2.75 bits per heavy atom. The number of aliphatic carboxylic acids is 1. The molecule has 1 heterocycles. The highest BCUT2D eigenvalue weighted by molar-refractivity contribution is 5.75. The van der Waals surface area contributed by atoms with Crippen LogP contribution in [0, 0.1) is 6.92 Å². The first kappa shape index (κ1) is 8.73. The summed E-state index contributed by atoms with van der Waals surface area (Å²) >= 11 is 0. The molecule has 3 N–H and O–H groups in total. The summed E-state index contributed by atoms with van der Waals surface area (Å²) in [6.45, 7) is 1.78. The topological polar surface area (TPSA) is 81.1 Å². The molecule has 12 heavy (non-hydrogen) atoms. The SMILES string of the molecule is Cc1c([C@H](N)C(=O)O)cnn1C. The van der Waals surface area contributed by atoms with E-state index in [2.05, 4.69) is 5.10 Å². The normalized spacial score (nSPS) is 12.9. The van der Waals surface area contributed by atoms with Gasteiger partial charge in [0, 0.05) is 18.3 Å². The molecule has 5 nitrogen and oxygen atoms in total. The van der Waals surface area contributed by atoms with Gasteiger partial charge in [0.1, 0.15) is 6.04 Å². The lowest BCUT2D eigenvalue weighted by atomic mass is 10.1. The first-order valence-electron chi connectivity index (χ1n) is 3.51. The fraction of sp³-hybridized carbons (Fsp3) is 0.429. The minimum absolute atomic E-state index is 0.560. The Hall–Kier alpha value is -1.36. The maximum Gasteiger partial charge on any atom is 0.325 e. The van der Waals surface area contributed by atoms with E-state index in [9.17, 15) is 4.79 Å². The standard InChI is InChI=1S/C7H11N3O2/c1-4-5(3-9-10(4)2)6(8)7(11)12/h3,6H,8H2,1-2H3,(H,11,12)/t6-/m0/s1. The van der Waals surface area contributed by atoms with Gasteiger partial charge in [-0.05, 0) is 6.92 Å². The average molecular weight is 169 g/mol. The Kier molecular flexibility index (Phi) is 2.14. The number of carboxylic acids is 1. The van der Waals surface area contributed by atoms with E-state index in [-0.39, 0.29) is 0 Å². The monoisotopic (exact) mass is 169 g/mol. The smallest absolute Gasteiger partial charge is 0.325 e. The van der Waals surface area contributed by atoms with Gasteiger partial charge in [-0.1, -0.05) is 0 Å². The quantitative estimate of drug-likeness (QED) is 0.643. The Labute approximate surface area is 69.8 Å². The molecule has 66 valence electrons. The fourth-order valence-electron chi connectivity index (χ4n) is 0.954. The maximum absolute atomic E-state index is 10.5. The maximum atomic E-state index is 10.5. The minimum atomic E-state index is -1.04. The first-order chi connectivity index (χ1) is 5.54. The van der Waals surface area contributed by atoms with Gasteiger partial charge in [0.05, 0.1) is 6.20 Å². The molecule has 1 aromatic rings. The molecule has 1 rings (SSSR count). The minimum Gasteiger partial charge on any atom is -0.480 e. The summed E-state index contributed by atoms with van der Waals surface area (Å²) in [5.41, 5.74) is 6.74. The average Bonchev–Trinajstić information content (AvgIpc) is 2.32. The van der Waals surface area contributed by atoms with Crippen molar-refractivity contribution < 1.29 is 9.90 Å². The summed E-state index contributed by atoms with van der Waals surface area (Å²) in [5, 5.41) is 12.5. The molecule has 1 aromatic heterocycles. The van der Waals surface area contributed by atoms with E-state index in [0.29, 0.717) is 5.56 Å². The van der Waals surface area contributed by atoms with Crippen LogP contribution < -0.4 is 5.73 Å². The van der Waals surface area contributed by atoms with Crippen LogP contribution in [0.4, 0.5) is 0 Å². The molecule has 0 bridgehead atoms. The number of nitrogens with two attached hydrogens (primary N) is 1. The first-order valence-corrected chi connectivity index (χ1v) is 3.51. The number of rotatable bonds is 2. The molecule has 0 aliphatic heterocycles. The van der Waals surface area contributed by atoms with Crippen LogP contribution in [-0.2, 0) is 11.8 Å². The van der Waals surface area contributed by atoms with E-state index in [1.165, 1.54) is 6.20 Å². The molecule has 0 radical (unpaired) electrons. The van der Waals surface area contributed by atoms with Gasteiger partial charge >= 0.3 is 5.97 Å². The molecule has 0 spiro atoms. The lowest BCUT2D eigenvalue weighted by molar-refractivity contribution is -0.138. The summed E-state index contributed by atoms with van der Waals surface area (Å²) in [4.78, 5) is 10.5. The van der Waals surface area contributed by atoms with Crippen molar-refractivity contribution >= 4 is 5.97 Å². The summed E-state index contributed by atoms with van der Waals surface area (Å²) in [5.74, 6) is -1.04. The van der Waals surface area contributed by atoms with E-state index in [1.54, 1.807) is 18.7 Å². The third kappa shape index (κ3) is 1.31. The van der Waals surface area contributed by atoms with Gasteiger partial charge in [0.15, 0.2) is 0 Å². The number of aryl methyl sites for hydroxylation is 1. The predicted octanol–water partition coefficient (Wildman–Crippen LogP) is -0.187. The molecule has 0 saturated heterocycles. The van der Waals surface area contributed by atoms with Crippen LogP contribution in [0.1, 0.15) is 17.3 Å². The number of carboxylic acid groups (broad SMARTS) is 1. The molecule has 0 amide bonds. The Morgan fingerprint density at radius 2 is 2.42 bits per heavy atom. The van der Waals surface area contributed by atoms with Crippen molar-refractivity contribution in [3.63, 3.8) is 0 Å². The van der Waals surface area contributed by atoms with E-state index in [4.69, 9.17) is 10.8 Å². The molecule has 0 aliphatic rings. The number of hydrogen-bond acceptors (Lipinski definition) is 3. The second-order valence-corrected chi connectivity index (χ2v) is 2.62. The Morgan fingerprint density at radius 1 is 1.83 bits per heavy atom. The van der Waals surface area contributed by atoms with Crippen LogP contribution in [-0.4, -0.2) is 20.9 Å². The van der Waals surface area contributed by atoms with E-state index in [0.717, 1.165) is 5.69 Å². The third-order valence-corrected chi connectivity index (χ3v) is 1.87. The second-order valence-electron chi connectivity index (χ2n) is 2.62. The third-order valence-electron chi connectivity index (χ3n) is 1.87. The van der Waals surface area contributed by atoms with Crippen LogP contribution in [0.3, 0.4) is 0 Å². The van der Waals surface area contributed by atoms with Gasteiger partial charge in [-0.2, -0.15) is 5.10 Å². The largest absolute Gasteiger partial charge is 0.480 e. The lowest BCUT2D eigenvalue weighted by Gasteiger charge is -2.04. The highest BCUT2D eigenvalue weighted by atomic mass is 16.4. The molecule has 5 heteroatoms. The summed E-state index contributed by atoms with van der Waals surface area (Å²) < 4.78 is 1.60. The Balaban J connectivity index is 3.03. The van der Waals surface area contributed by atoms with Crippen LogP contribution >= 0.6 is 0 Å². The van der Waals surface area contributed by atoms with Crippen LogP contribution in [0.2, 0.25) is 0 Å². The molecule has 1 atom stereocenters. The highest BCUT2D eigenvalue weighted by Gasteiger charge is 2.18. The summed E-state index contributed by atoms with van der Waals surface area (Å²) in [7, 11) is 1.74.